The van der Waals surface area contributed by atoms with Crippen LogP contribution in [0.3, 0.4) is 0 Å². The number of H-pyrrole nitrogens is 1. The van der Waals surface area contributed by atoms with Crippen molar-refractivity contribution in [2.24, 2.45) is 0 Å². The van der Waals surface area contributed by atoms with Gasteiger partial charge in [-0.25, -0.2) is 9.78 Å². The van der Waals surface area contributed by atoms with Crippen molar-refractivity contribution in [3.63, 3.8) is 0 Å². The zero-order valence-electron chi connectivity index (χ0n) is 16.4. The second-order valence-corrected chi connectivity index (χ2v) is 7.02. The molecule has 10 heteroatoms. The fourth-order valence-electron chi connectivity index (χ4n) is 3.58. The van der Waals surface area contributed by atoms with Crippen LogP contribution in [0.15, 0.2) is 48.7 Å². The van der Waals surface area contributed by atoms with E-state index in [2.05, 4.69) is 15.6 Å². The van der Waals surface area contributed by atoms with E-state index in [1.807, 2.05) is 35.2 Å². The SMILES string of the molecule is CNC(=O)NC(=O)[C@H](c1ccccc1)[NH+]1CCN(c2ccc(C(F)(F)F)c[nH+]2)CC1. The quantitative estimate of drug-likeness (QED) is 0.667. The molecular weight excluding hydrogens is 399 g/mol. The molecular formula is C20H24F3N5O2+2. The Balaban J connectivity index is 1.71. The van der Waals surface area contributed by atoms with E-state index in [0.717, 1.165) is 22.7 Å². The van der Waals surface area contributed by atoms with Crippen molar-refractivity contribution < 1.29 is 32.6 Å². The highest BCUT2D eigenvalue weighted by molar-refractivity contribution is 5.96. The number of anilines is 1. The number of imide groups is 1. The van der Waals surface area contributed by atoms with Crippen LogP contribution in [0.5, 0.6) is 0 Å². The van der Waals surface area contributed by atoms with Crippen molar-refractivity contribution in [2.45, 2.75) is 12.2 Å². The number of piperazine rings is 1. The normalized spacial score (nSPS) is 16.1. The van der Waals surface area contributed by atoms with E-state index in [1.54, 1.807) is 0 Å². The summed E-state index contributed by atoms with van der Waals surface area (Å²) in [6, 6.07) is 10.5. The molecule has 1 aliphatic rings. The third kappa shape index (κ3) is 5.07. The molecule has 0 spiro atoms. The van der Waals surface area contributed by atoms with Crippen LogP contribution in [0.1, 0.15) is 17.2 Å². The number of quaternary nitrogens is 1. The Morgan fingerprint density at radius 3 is 2.30 bits per heavy atom. The molecule has 4 N–H and O–H groups in total. The maximum absolute atomic E-state index is 12.8. The van der Waals surface area contributed by atoms with Crippen LogP contribution < -0.4 is 25.4 Å². The standard InChI is InChI=1S/C20H22F3N5O2/c1-24-19(30)26-18(29)17(14-5-3-2-4-6-14)28-11-9-27(10-12-28)16-8-7-15(13-25-16)20(21,22)23/h2-8,13,17H,9-12H2,1H3,(H2,24,26,29,30)/p+2/t17-/m0/s1. The Hall–Kier alpha value is -3.14. The summed E-state index contributed by atoms with van der Waals surface area (Å²) in [6.07, 6.45) is -3.43. The van der Waals surface area contributed by atoms with Crippen LogP contribution >= 0.6 is 0 Å². The molecule has 3 rings (SSSR count). The van der Waals surface area contributed by atoms with Gasteiger partial charge in [0.15, 0.2) is 6.04 Å². The van der Waals surface area contributed by atoms with Crippen molar-refractivity contribution >= 4 is 17.8 Å². The Bertz CT molecular complexity index is 866. The summed E-state index contributed by atoms with van der Waals surface area (Å²) >= 11 is 0. The smallest absolute Gasteiger partial charge is 0.341 e. The zero-order valence-corrected chi connectivity index (χ0v) is 16.4. The van der Waals surface area contributed by atoms with Gasteiger partial charge in [-0.2, -0.15) is 13.2 Å². The lowest BCUT2D eigenvalue weighted by molar-refractivity contribution is -0.922. The van der Waals surface area contributed by atoms with Crippen molar-refractivity contribution in [2.75, 3.05) is 38.1 Å². The van der Waals surface area contributed by atoms with Gasteiger partial charge in [0.25, 0.3) is 11.7 Å². The number of pyridine rings is 1. The monoisotopic (exact) mass is 423 g/mol. The molecule has 160 valence electrons. The maximum atomic E-state index is 12.8. The van der Waals surface area contributed by atoms with E-state index < -0.39 is 29.7 Å². The van der Waals surface area contributed by atoms with Gasteiger partial charge in [0, 0.05) is 18.7 Å². The topological polar surface area (TPSA) is 80.0 Å². The van der Waals surface area contributed by atoms with E-state index in [1.165, 1.54) is 13.1 Å². The average Bonchev–Trinajstić information content (AvgIpc) is 2.74. The number of benzene rings is 1. The number of aromatic nitrogens is 1. The Labute approximate surface area is 171 Å². The van der Waals surface area contributed by atoms with Gasteiger partial charge in [-0.3, -0.25) is 15.0 Å². The van der Waals surface area contributed by atoms with Gasteiger partial charge in [0.1, 0.15) is 32.4 Å². The van der Waals surface area contributed by atoms with E-state index >= 15 is 0 Å². The first-order chi connectivity index (χ1) is 14.3. The largest absolute Gasteiger partial charge is 0.419 e. The number of halogens is 3. The van der Waals surface area contributed by atoms with Gasteiger partial charge in [-0.05, 0) is 6.07 Å². The highest BCUT2D eigenvalue weighted by atomic mass is 19.4. The minimum Gasteiger partial charge on any atom is -0.341 e. The summed E-state index contributed by atoms with van der Waals surface area (Å²) in [5, 5.41) is 4.73. The van der Waals surface area contributed by atoms with Crippen molar-refractivity contribution in [1.29, 1.82) is 0 Å². The van der Waals surface area contributed by atoms with Crippen molar-refractivity contribution in [1.82, 2.24) is 10.6 Å². The molecule has 2 aromatic rings. The number of carbonyl (C=O) groups excluding carboxylic acids is 2. The first kappa shape index (κ1) is 21.6. The van der Waals surface area contributed by atoms with Crippen LogP contribution in [0.4, 0.5) is 23.8 Å². The molecule has 0 aliphatic carbocycles. The van der Waals surface area contributed by atoms with Crippen LogP contribution in [0, 0.1) is 0 Å². The number of nitrogens with zero attached hydrogens (tertiary/aromatic N) is 1. The first-order valence-electron chi connectivity index (χ1n) is 9.55. The molecule has 1 saturated heterocycles. The second-order valence-electron chi connectivity index (χ2n) is 7.02. The highest BCUT2D eigenvalue weighted by Crippen LogP contribution is 2.28. The Kier molecular flexibility index (Phi) is 6.56. The summed E-state index contributed by atoms with van der Waals surface area (Å²) < 4.78 is 38.3. The molecule has 1 aliphatic heterocycles. The molecule has 3 amide bonds. The molecule has 1 aromatic carbocycles. The number of aromatic amines is 1. The average molecular weight is 423 g/mol. The summed E-state index contributed by atoms with van der Waals surface area (Å²) in [4.78, 5) is 30.0. The molecule has 2 heterocycles. The van der Waals surface area contributed by atoms with E-state index in [0.29, 0.717) is 32.0 Å². The van der Waals surface area contributed by atoms with E-state index in [4.69, 9.17) is 0 Å². The lowest BCUT2D eigenvalue weighted by Gasteiger charge is -2.33. The molecule has 0 bridgehead atoms. The number of hydrogen-bond acceptors (Lipinski definition) is 3. The molecule has 0 saturated carbocycles. The second kappa shape index (κ2) is 9.12. The molecule has 7 nitrogen and oxygen atoms in total. The van der Waals surface area contributed by atoms with Gasteiger partial charge in [0.05, 0.1) is 5.56 Å². The summed E-state index contributed by atoms with van der Waals surface area (Å²) in [5.41, 5.74) is 0.0639. The Morgan fingerprint density at radius 2 is 1.77 bits per heavy atom. The number of urea groups is 1. The number of alkyl halides is 3. The van der Waals surface area contributed by atoms with Gasteiger partial charge >= 0.3 is 12.2 Å². The number of hydrogen-bond donors (Lipinski definition) is 3. The number of carbonyl (C=O) groups is 2. The molecule has 1 atom stereocenters. The van der Waals surface area contributed by atoms with Crippen LogP contribution in [-0.2, 0) is 11.0 Å². The third-order valence-electron chi connectivity index (χ3n) is 5.14. The molecule has 1 fully saturated rings. The fraction of sp³-hybridized carbons (Fsp3) is 0.350. The van der Waals surface area contributed by atoms with Crippen molar-refractivity contribution in [3.05, 3.63) is 59.8 Å². The minimum absolute atomic E-state index is 0.398. The molecule has 0 unspecified atom stereocenters. The summed E-state index contributed by atoms with van der Waals surface area (Å²) in [6.45, 7) is 2.26. The lowest BCUT2D eigenvalue weighted by atomic mass is 10.0. The number of amides is 3. The van der Waals surface area contributed by atoms with Gasteiger partial charge in [-0.15, -0.1) is 0 Å². The minimum atomic E-state index is -4.39. The van der Waals surface area contributed by atoms with Crippen LogP contribution in [-0.4, -0.2) is 45.2 Å². The van der Waals surface area contributed by atoms with Gasteiger partial charge in [0.2, 0.25) is 0 Å². The third-order valence-corrected chi connectivity index (χ3v) is 5.14. The first-order valence-corrected chi connectivity index (χ1v) is 9.55. The molecule has 30 heavy (non-hydrogen) atoms. The predicted octanol–water partition coefficient (Wildman–Crippen LogP) is 0.421. The van der Waals surface area contributed by atoms with Gasteiger partial charge < -0.3 is 10.2 Å². The number of rotatable bonds is 4. The highest BCUT2D eigenvalue weighted by Gasteiger charge is 2.37. The summed E-state index contributed by atoms with van der Waals surface area (Å²) in [7, 11) is 1.44. The van der Waals surface area contributed by atoms with E-state index in [9.17, 15) is 22.8 Å². The van der Waals surface area contributed by atoms with Gasteiger partial charge in [-0.1, -0.05) is 30.3 Å². The molecule has 0 radical (unpaired) electrons. The van der Waals surface area contributed by atoms with E-state index in [-0.39, 0.29) is 0 Å². The molecule has 1 aromatic heterocycles. The van der Waals surface area contributed by atoms with Crippen LogP contribution in [0.25, 0.3) is 0 Å². The predicted molar refractivity (Wildman–Crippen MR) is 103 cm³/mol. The van der Waals surface area contributed by atoms with Crippen molar-refractivity contribution in [3.8, 4) is 0 Å². The van der Waals surface area contributed by atoms with Crippen LogP contribution in [0.2, 0.25) is 0 Å². The fourth-order valence-corrected chi connectivity index (χ4v) is 3.58. The Morgan fingerprint density at radius 1 is 1.10 bits per heavy atom. The lowest BCUT2D eigenvalue weighted by Crippen LogP contribution is -3.16. The summed E-state index contributed by atoms with van der Waals surface area (Å²) in [5.74, 6) is 0.193. The number of nitrogens with one attached hydrogen (secondary N) is 4. The zero-order chi connectivity index (χ0) is 21.7. The maximum Gasteiger partial charge on any atom is 0.419 e.